The zero-order valence-corrected chi connectivity index (χ0v) is 13.2. The van der Waals surface area contributed by atoms with Crippen molar-refractivity contribution in [2.75, 3.05) is 20.7 Å². The first kappa shape index (κ1) is 11.0. The Hall–Kier alpha value is -1.59. The number of hydrogen-bond acceptors (Lipinski definition) is 5. The highest BCUT2D eigenvalue weighted by molar-refractivity contribution is 5.90. The molecule has 5 nitrogen and oxygen atoms in total. The Bertz CT molecular complexity index is 877. The Kier molecular flexibility index (Phi) is 1.96. The van der Waals surface area contributed by atoms with Gasteiger partial charge >= 0.3 is 0 Å². The topological polar surface area (TPSA) is 59.0 Å². The number of carbonyl (C=O) groups excluding carboxylic acids is 1. The van der Waals surface area contributed by atoms with Crippen LogP contribution in [0.4, 0.5) is 0 Å². The monoisotopic (exact) mass is 318 g/mol. The fraction of sp³-hybridized carbons (Fsp3) is 0.611. The highest BCUT2D eigenvalue weighted by Gasteiger charge is 2.72. The molecule has 5 rings (SSSR count). The molecule has 1 aromatic carbocycles. The molecule has 2 heterocycles. The van der Waals surface area contributed by atoms with Crippen LogP contribution in [0, 0.1) is 0 Å². The number of likely N-dealkylation sites (N-methyl/N-ethyl adjacent to an activating group) is 1. The Morgan fingerprint density at radius 3 is 3.13 bits per heavy atom. The van der Waals surface area contributed by atoms with Gasteiger partial charge in [-0.25, -0.2) is 0 Å². The van der Waals surface area contributed by atoms with E-state index in [1.807, 2.05) is 4.90 Å². The zero-order valence-electron chi connectivity index (χ0n) is 16.2. The summed E-state index contributed by atoms with van der Waals surface area (Å²) in [5.74, 6) is 0.364. The molecule has 5 heteroatoms. The van der Waals surface area contributed by atoms with Gasteiger partial charge in [-0.05, 0) is 44.5 Å². The average molecular weight is 318 g/mol. The summed E-state index contributed by atoms with van der Waals surface area (Å²) in [7, 11) is 3.22. The van der Waals surface area contributed by atoms with E-state index < -0.39 is 23.1 Å². The van der Waals surface area contributed by atoms with Crippen molar-refractivity contribution >= 4 is 5.78 Å². The van der Waals surface area contributed by atoms with Crippen molar-refractivity contribution in [1.82, 2.24) is 4.90 Å². The number of rotatable bonds is 1. The lowest BCUT2D eigenvalue weighted by Crippen LogP contribution is -2.76. The summed E-state index contributed by atoms with van der Waals surface area (Å²) in [4.78, 5) is 14.6. The second kappa shape index (κ2) is 4.08. The Morgan fingerprint density at radius 1 is 1.52 bits per heavy atom. The fourth-order valence-electron chi connectivity index (χ4n) is 5.24. The van der Waals surface area contributed by atoms with Gasteiger partial charge in [0.05, 0.1) is 22.2 Å². The lowest BCUT2D eigenvalue weighted by molar-refractivity contribution is -0.185. The summed E-state index contributed by atoms with van der Waals surface area (Å²) in [6.45, 7) is 0.552. The number of carbonyl (C=O) groups is 1. The minimum absolute atomic E-state index is 0.00350. The third-order valence-corrected chi connectivity index (χ3v) is 6.28. The summed E-state index contributed by atoms with van der Waals surface area (Å²) >= 11 is 0. The SMILES string of the molecule is [2H]c1c([2H])c(OC)c2c3c1C[C@@]1([2H])N(C)CC[C@@]34C(O2)C(=O)CC[C@]41O. The van der Waals surface area contributed by atoms with E-state index >= 15 is 0 Å². The number of hydrogen-bond donors (Lipinski definition) is 1. The van der Waals surface area contributed by atoms with E-state index in [4.69, 9.17) is 12.2 Å². The first-order valence-electron chi connectivity index (χ1n) is 9.56. The highest BCUT2D eigenvalue weighted by Crippen LogP contribution is 2.64. The molecule has 2 aliphatic carbocycles. The Balaban J connectivity index is 1.94. The maximum Gasteiger partial charge on any atom is 0.174 e. The van der Waals surface area contributed by atoms with Crippen LogP contribution in [0.3, 0.4) is 0 Å². The molecule has 4 atom stereocenters. The number of benzene rings is 1. The van der Waals surface area contributed by atoms with Crippen LogP contribution in [0.5, 0.6) is 11.5 Å². The third-order valence-electron chi connectivity index (χ3n) is 6.28. The van der Waals surface area contributed by atoms with Gasteiger partial charge in [-0.15, -0.1) is 0 Å². The van der Waals surface area contributed by atoms with Crippen molar-refractivity contribution in [1.29, 1.82) is 0 Å². The Morgan fingerprint density at radius 2 is 2.35 bits per heavy atom. The lowest BCUT2D eigenvalue weighted by Gasteiger charge is -2.62. The standard InChI is InChI=1S/C18H21NO4/c1-19-8-7-17-14-10-3-4-12(22-2)15(14)23-16(17)11(20)5-6-18(17,21)13(19)9-10/h3-4,13,16,21H,5-9H2,1-2H3/t13-,16?,17+,18-/m1/s1/i3D,4D,13D. The number of aliphatic hydroxyl groups is 1. The molecule has 1 N–H and O–H groups in total. The summed E-state index contributed by atoms with van der Waals surface area (Å²) in [6, 6.07) is -1.46. The molecule has 1 aromatic rings. The molecule has 23 heavy (non-hydrogen) atoms. The number of Topliss-reactive ketones (excluding diaryl/α,β-unsaturated/α-hetero) is 1. The number of ether oxygens (including phenoxy) is 2. The molecule has 0 amide bonds. The van der Waals surface area contributed by atoms with E-state index in [1.165, 1.54) is 7.11 Å². The quantitative estimate of drug-likeness (QED) is 0.839. The van der Waals surface area contributed by atoms with Gasteiger partial charge in [-0.3, -0.25) is 4.79 Å². The molecule has 1 saturated heterocycles. The lowest BCUT2D eigenvalue weighted by atomic mass is 9.49. The van der Waals surface area contributed by atoms with Crippen LogP contribution in [0.1, 0.15) is 34.5 Å². The smallest absolute Gasteiger partial charge is 0.174 e. The average Bonchev–Trinajstić information content (AvgIpc) is 2.95. The van der Waals surface area contributed by atoms with E-state index in [1.54, 1.807) is 7.05 Å². The number of ketones is 1. The molecule has 2 bridgehead atoms. The van der Waals surface area contributed by atoms with Gasteiger partial charge in [0.1, 0.15) is 0 Å². The Labute approximate surface area is 139 Å². The van der Waals surface area contributed by atoms with E-state index in [2.05, 4.69) is 0 Å². The van der Waals surface area contributed by atoms with Crippen molar-refractivity contribution in [2.45, 2.75) is 48.8 Å². The summed E-state index contributed by atoms with van der Waals surface area (Å²) in [5, 5.41) is 11.9. The van der Waals surface area contributed by atoms with Crippen LogP contribution in [0.2, 0.25) is 0 Å². The van der Waals surface area contributed by atoms with Gasteiger partial charge in [-0.2, -0.15) is 0 Å². The van der Waals surface area contributed by atoms with E-state index in [0.29, 0.717) is 29.8 Å². The van der Waals surface area contributed by atoms with E-state index in [9.17, 15) is 11.3 Å². The fourth-order valence-corrected chi connectivity index (χ4v) is 5.24. The van der Waals surface area contributed by atoms with E-state index in [-0.39, 0.29) is 42.9 Å². The van der Waals surface area contributed by atoms with Gasteiger partial charge in [0, 0.05) is 18.0 Å². The van der Waals surface area contributed by atoms with Crippen molar-refractivity contribution in [3.8, 4) is 11.5 Å². The normalized spacial score (nSPS) is 45.6. The maximum atomic E-state index is 12.8. The first-order valence-corrected chi connectivity index (χ1v) is 8.06. The molecule has 0 radical (unpaired) electrons. The van der Waals surface area contributed by atoms with Gasteiger partial charge < -0.3 is 19.5 Å². The van der Waals surface area contributed by atoms with Gasteiger partial charge in [0.15, 0.2) is 23.4 Å². The molecule has 1 spiro atoms. The second-order valence-corrected chi connectivity index (χ2v) is 7.06. The molecule has 1 saturated carbocycles. The molecule has 2 aliphatic heterocycles. The second-order valence-electron chi connectivity index (χ2n) is 7.06. The van der Waals surface area contributed by atoms with Crippen LogP contribution in [-0.4, -0.2) is 54.2 Å². The van der Waals surface area contributed by atoms with Gasteiger partial charge in [-0.1, -0.05) is 6.04 Å². The molecule has 2 fully saturated rings. The van der Waals surface area contributed by atoms with Crippen molar-refractivity contribution < 1.29 is 23.5 Å². The van der Waals surface area contributed by atoms with Crippen molar-refractivity contribution in [2.24, 2.45) is 0 Å². The number of methoxy groups -OCH3 is 1. The number of nitrogens with zero attached hydrogens (tertiary/aromatic N) is 1. The van der Waals surface area contributed by atoms with Gasteiger partial charge in [0.25, 0.3) is 0 Å². The minimum Gasteiger partial charge on any atom is -0.493 e. The van der Waals surface area contributed by atoms with Crippen LogP contribution >= 0.6 is 0 Å². The van der Waals surface area contributed by atoms with Crippen LogP contribution in [0.15, 0.2) is 12.1 Å². The molecular weight excluding hydrogens is 294 g/mol. The predicted molar refractivity (Wildman–Crippen MR) is 83.0 cm³/mol. The molecule has 4 aliphatic rings. The molecule has 122 valence electrons. The first-order chi connectivity index (χ1) is 12.2. The minimum atomic E-state index is -1.45. The summed E-state index contributed by atoms with van der Waals surface area (Å²) in [5.41, 5.74) is -1.33. The predicted octanol–water partition coefficient (Wildman–Crippen LogP) is 1.05. The number of piperidine rings is 1. The van der Waals surface area contributed by atoms with Crippen LogP contribution in [-0.2, 0) is 16.6 Å². The molecule has 0 aromatic heterocycles. The van der Waals surface area contributed by atoms with Crippen LogP contribution < -0.4 is 9.47 Å². The summed E-state index contributed by atoms with van der Waals surface area (Å²) < 4.78 is 37.4. The maximum absolute atomic E-state index is 12.8. The largest absolute Gasteiger partial charge is 0.493 e. The molecule has 1 unspecified atom stereocenters. The zero-order chi connectivity index (χ0) is 18.6. The van der Waals surface area contributed by atoms with Crippen LogP contribution in [0.25, 0.3) is 0 Å². The molecular formula is C18H21NO4. The highest BCUT2D eigenvalue weighted by atomic mass is 16.5. The van der Waals surface area contributed by atoms with Crippen molar-refractivity contribution in [3.63, 3.8) is 0 Å². The van der Waals surface area contributed by atoms with Gasteiger partial charge in [0.2, 0.25) is 0 Å². The number of likely N-dealkylation sites (tertiary alicyclic amines) is 1. The van der Waals surface area contributed by atoms with Crippen molar-refractivity contribution in [3.05, 3.63) is 23.2 Å². The van der Waals surface area contributed by atoms with E-state index in [0.717, 1.165) is 0 Å². The third kappa shape index (κ3) is 1.32. The summed E-state index contributed by atoms with van der Waals surface area (Å²) in [6.07, 6.45) is 0.0742.